The number of ether oxygens (including phenoxy) is 2. The molecule has 1 aromatic rings. The number of rotatable bonds is 10. The Bertz CT molecular complexity index is 319. The quantitative estimate of drug-likeness (QED) is 0.614. The maximum Gasteiger partial charge on any atom is 0.0593 e. The highest BCUT2D eigenvalue weighted by atomic mass is 79.9. The molecule has 1 rings (SSSR count). The third-order valence-electron chi connectivity index (χ3n) is 2.83. The van der Waals surface area contributed by atoms with Gasteiger partial charge < -0.3 is 9.47 Å². The van der Waals surface area contributed by atoms with Crippen molar-refractivity contribution in [3.63, 3.8) is 0 Å². The van der Waals surface area contributed by atoms with Crippen LogP contribution in [0.5, 0.6) is 0 Å². The Hall–Kier alpha value is -0.420. The zero-order chi connectivity index (χ0) is 13.9. The van der Waals surface area contributed by atoms with Crippen molar-refractivity contribution in [1.29, 1.82) is 0 Å². The molecule has 0 N–H and O–H groups in total. The average Bonchev–Trinajstić information content (AvgIpc) is 2.41. The summed E-state index contributed by atoms with van der Waals surface area (Å²) in [5.41, 5.74) is 1.32. The van der Waals surface area contributed by atoms with Gasteiger partial charge in [0.2, 0.25) is 0 Å². The van der Waals surface area contributed by atoms with Crippen molar-refractivity contribution in [3.05, 3.63) is 34.3 Å². The first-order chi connectivity index (χ1) is 9.26. The van der Waals surface area contributed by atoms with E-state index in [2.05, 4.69) is 45.1 Å². The third kappa shape index (κ3) is 7.67. The molecule has 4 heteroatoms. The lowest BCUT2D eigenvalue weighted by atomic mass is 10.2. The molecule has 0 atom stereocenters. The molecule has 0 heterocycles. The summed E-state index contributed by atoms with van der Waals surface area (Å²) in [6.45, 7) is 9.98. The lowest BCUT2D eigenvalue weighted by Crippen LogP contribution is -2.30. The van der Waals surface area contributed by atoms with Crippen molar-refractivity contribution < 1.29 is 9.47 Å². The first kappa shape index (κ1) is 16.6. The van der Waals surface area contributed by atoms with Gasteiger partial charge in [-0.2, -0.15) is 0 Å². The molecule has 0 aromatic heterocycles. The SMILES string of the molecule is CCOCCN(CCOCC)Cc1ccc(Br)cc1. The van der Waals surface area contributed by atoms with Crippen LogP contribution in [-0.4, -0.2) is 44.4 Å². The molecule has 0 aliphatic heterocycles. The molecule has 0 saturated heterocycles. The van der Waals surface area contributed by atoms with Gasteiger partial charge in [0.05, 0.1) is 13.2 Å². The minimum atomic E-state index is 0.775. The normalized spacial score (nSPS) is 11.2. The van der Waals surface area contributed by atoms with Gasteiger partial charge >= 0.3 is 0 Å². The largest absolute Gasteiger partial charge is 0.380 e. The van der Waals surface area contributed by atoms with Crippen LogP contribution < -0.4 is 0 Å². The van der Waals surface area contributed by atoms with Crippen LogP contribution in [0.3, 0.4) is 0 Å². The number of hydrogen-bond donors (Lipinski definition) is 0. The maximum absolute atomic E-state index is 5.44. The maximum atomic E-state index is 5.44. The van der Waals surface area contributed by atoms with Gasteiger partial charge in [-0.05, 0) is 31.5 Å². The highest BCUT2D eigenvalue weighted by molar-refractivity contribution is 9.10. The third-order valence-corrected chi connectivity index (χ3v) is 3.36. The Morgan fingerprint density at radius 2 is 1.47 bits per heavy atom. The molecule has 108 valence electrons. The van der Waals surface area contributed by atoms with Crippen LogP contribution in [0, 0.1) is 0 Å². The molecule has 0 aliphatic carbocycles. The Balaban J connectivity index is 2.44. The predicted octanol–water partition coefficient (Wildman–Crippen LogP) is 3.32. The summed E-state index contributed by atoms with van der Waals surface area (Å²) in [7, 11) is 0. The zero-order valence-corrected chi connectivity index (χ0v) is 13.5. The fourth-order valence-electron chi connectivity index (χ4n) is 1.79. The molecule has 0 fully saturated rings. The van der Waals surface area contributed by atoms with Crippen molar-refractivity contribution in [1.82, 2.24) is 4.90 Å². The van der Waals surface area contributed by atoms with E-state index in [9.17, 15) is 0 Å². The lowest BCUT2D eigenvalue weighted by molar-refractivity contribution is 0.0798. The van der Waals surface area contributed by atoms with Crippen molar-refractivity contribution >= 4 is 15.9 Å². The molecule has 0 bridgehead atoms. The molecule has 19 heavy (non-hydrogen) atoms. The topological polar surface area (TPSA) is 21.7 Å². The lowest BCUT2D eigenvalue weighted by Gasteiger charge is -2.22. The number of hydrogen-bond acceptors (Lipinski definition) is 3. The molecule has 0 aliphatic rings. The van der Waals surface area contributed by atoms with E-state index in [0.717, 1.165) is 50.5 Å². The fourth-order valence-corrected chi connectivity index (χ4v) is 2.06. The first-order valence-electron chi connectivity index (χ1n) is 6.88. The van der Waals surface area contributed by atoms with E-state index in [0.29, 0.717) is 0 Å². The minimum Gasteiger partial charge on any atom is -0.380 e. The average molecular weight is 330 g/mol. The van der Waals surface area contributed by atoms with Crippen LogP contribution in [0.4, 0.5) is 0 Å². The summed E-state index contributed by atoms with van der Waals surface area (Å²) in [4.78, 5) is 2.37. The second-order valence-corrected chi connectivity index (χ2v) is 5.21. The van der Waals surface area contributed by atoms with Gasteiger partial charge in [0.15, 0.2) is 0 Å². The zero-order valence-electron chi connectivity index (χ0n) is 11.9. The molecule has 3 nitrogen and oxygen atoms in total. The van der Waals surface area contributed by atoms with E-state index >= 15 is 0 Å². The molecular weight excluding hydrogens is 306 g/mol. The molecule has 1 aromatic carbocycles. The van der Waals surface area contributed by atoms with Gasteiger partial charge in [0.1, 0.15) is 0 Å². The minimum absolute atomic E-state index is 0.775. The van der Waals surface area contributed by atoms with Gasteiger partial charge in [-0.3, -0.25) is 4.90 Å². The van der Waals surface area contributed by atoms with Crippen molar-refractivity contribution in [2.45, 2.75) is 20.4 Å². The molecule has 0 radical (unpaired) electrons. The summed E-state index contributed by atoms with van der Waals surface area (Å²) in [5, 5.41) is 0. The van der Waals surface area contributed by atoms with Crippen LogP contribution in [0.2, 0.25) is 0 Å². The van der Waals surface area contributed by atoms with E-state index < -0.39 is 0 Å². The summed E-state index contributed by atoms with van der Waals surface area (Å²) in [5.74, 6) is 0. The molecule has 0 amide bonds. The molecule has 0 spiro atoms. The molecule has 0 unspecified atom stereocenters. The second kappa shape index (κ2) is 10.4. The van der Waals surface area contributed by atoms with Crippen molar-refractivity contribution in [2.75, 3.05) is 39.5 Å². The van der Waals surface area contributed by atoms with Crippen LogP contribution in [0.15, 0.2) is 28.7 Å². The fraction of sp³-hybridized carbons (Fsp3) is 0.600. The van der Waals surface area contributed by atoms with Gasteiger partial charge in [-0.1, -0.05) is 28.1 Å². The summed E-state index contributed by atoms with van der Waals surface area (Å²) in [6, 6.07) is 8.47. The van der Waals surface area contributed by atoms with Crippen molar-refractivity contribution in [3.8, 4) is 0 Å². The highest BCUT2D eigenvalue weighted by Crippen LogP contribution is 2.12. The van der Waals surface area contributed by atoms with E-state index in [1.807, 2.05) is 13.8 Å². The van der Waals surface area contributed by atoms with E-state index in [4.69, 9.17) is 9.47 Å². The Morgan fingerprint density at radius 1 is 0.947 bits per heavy atom. The van der Waals surface area contributed by atoms with Gasteiger partial charge in [-0.15, -0.1) is 0 Å². The van der Waals surface area contributed by atoms with Crippen LogP contribution in [0.1, 0.15) is 19.4 Å². The number of benzene rings is 1. The van der Waals surface area contributed by atoms with Crippen LogP contribution in [0.25, 0.3) is 0 Å². The van der Waals surface area contributed by atoms with Crippen LogP contribution in [-0.2, 0) is 16.0 Å². The predicted molar refractivity (Wildman–Crippen MR) is 82.4 cm³/mol. The summed E-state index contributed by atoms with van der Waals surface area (Å²) >= 11 is 3.46. The standard InChI is InChI=1S/C15H24BrNO2/c1-3-18-11-9-17(10-12-19-4-2)13-14-5-7-15(16)8-6-14/h5-8H,3-4,9-13H2,1-2H3. The first-order valence-corrected chi connectivity index (χ1v) is 7.67. The summed E-state index contributed by atoms with van der Waals surface area (Å²) < 4.78 is 12.0. The van der Waals surface area contributed by atoms with Crippen LogP contribution >= 0.6 is 15.9 Å². The van der Waals surface area contributed by atoms with E-state index in [1.165, 1.54) is 5.56 Å². The Labute approximate surface area is 125 Å². The monoisotopic (exact) mass is 329 g/mol. The molecular formula is C15H24BrNO2. The smallest absolute Gasteiger partial charge is 0.0593 e. The number of halogens is 1. The number of nitrogens with zero attached hydrogens (tertiary/aromatic N) is 1. The van der Waals surface area contributed by atoms with E-state index in [1.54, 1.807) is 0 Å². The molecule has 0 saturated carbocycles. The Morgan fingerprint density at radius 3 is 1.95 bits per heavy atom. The van der Waals surface area contributed by atoms with Crippen molar-refractivity contribution in [2.24, 2.45) is 0 Å². The Kier molecular flexibility index (Phi) is 9.08. The van der Waals surface area contributed by atoms with E-state index in [-0.39, 0.29) is 0 Å². The van der Waals surface area contributed by atoms with Gasteiger partial charge in [0.25, 0.3) is 0 Å². The summed E-state index contributed by atoms with van der Waals surface area (Å²) in [6.07, 6.45) is 0. The highest BCUT2D eigenvalue weighted by Gasteiger charge is 2.06. The second-order valence-electron chi connectivity index (χ2n) is 4.30. The van der Waals surface area contributed by atoms with Gasteiger partial charge in [-0.25, -0.2) is 0 Å². The van der Waals surface area contributed by atoms with Gasteiger partial charge in [0, 0.05) is 37.3 Å².